The number of para-hydroxylation sites is 2. The Hall–Kier alpha value is -8.31. The third-order valence-electron chi connectivity index (χ3n) is 15.8. The summed E-state index contributed by atoms with van der Waals surface area (Å²) in [6.45, 7) is 20.5. The van der Waals surface area contributed by atoms with Crippen molar-refractivity contribution in [3.8, 4) is 73.2 Å². The van der Waals surface area contributed by atoms with Crippen LogP contribution in [0.25, 0.3) is 116 Å². The first-order chi connectivity index (χ1) is 37.5. The minimum atomic E-state index is -0.196. The maximum Gasteiger partial charge on any atom is 0.268 e. The van der Waals surface area contributed by atoms with Crippen LogP contribution < -0.4 is 9.30 Å². The molecular formula is C72H58N4O2Pt-2. The Kier molecular flexibility index (Phi) is 11.7. The van der Waals surface area contributed by atoms with E-state index >= 15 is 0 Å². The molecule has 9 aromatic carbocycles. The molecule has 13 aromatic rings. The molecule has 4 aromatic heterocycles. The van der Waals surface area contributed by atoms with Gasteiger partial charge in [-0.1, -0.05) is 177 Å². The predicted molar refractivity (Wildman–Crippen MR) is 319 cm³/mol. The molecular weight excluding hydrogens is 1150 g/mol. The van der Waals surface area contributed by atoms with Crippen LogP contribution in [-0.4, -0.2) is 14.1 Å². The van der Waals surface area contributed by atoms with Crippen LogP contribution in [0, 0.1) is 18.5 Å². The van der Waals surface area contributed by atoms with Crippen LogP contribution in [0.3, 0.4) is 0 Å². The molecule has 0 spiro atoms. The zero-order valence-corrected chi connectivity index (χ0v) is 48.1. The Balaban J connectivity index is 0.00000591. The molecule has 1 aliphatic rings. The summed E-state index contributed by atoms with van der Waals surface area (Å²) >= 11 is 0. The fourth-order valence-corrected chi connectivity index (χ4v) is 11.7. The van der Waals surface area contributed by atoms with E-state index in [2.05, 4.69) is 252 Å². The number of imidazole rings is 1. The summed E-state index contributed by atoms with van der Waals surface area (Å²) < 4.78 is 20.0. The number of furan rings is 1. The normalized spacial score (nSPS) is 12.5. The van der Waals surface area contributed by atoms with E-state index in [1.807, 2.05) is 30.5 Å². The molecule has 0 N–H and O–H groups in total. The summed E-state index contributed by atoms with van der Waals surface area (Å²) in [6, 6.07) is 72.9. The molecule has 390 valence electrons. The van der Waals surface area contributed by atoms with Crippen molar-refractivity contribution in [1.29, 1.82) is 0 Å². The number of hydrogen-bond donors (Lipinski definition) is 0. The van der Waals surface area contributed by atoms with E-state index in [1.54, 1.807) is 0 Å². The summed E-state index contributed by atoms with van der Waals surface area (Å²) in [6.07, 6.45) is 5.96. The quantitative estimate of drug-likeness (QED) is 0.127. The molecule has 7 heteroatoms. The smallest absolute Gasteiger partial charge is 0.268 e. The zero-order chi connectivity index (χ0) is 53.4. The van der Waals surface area contributed by atoms with Gasteiger partial charge in [-0.2, -0.15) is 18.2 Å². The van der Waals surface area contributed by atoms with Gasteiger partial charge in [0, 0.05) is 55.1 Å². The van der Waals surface area contributed by atoms with Crippen LogP contribution in [0.2, 0.25) is 0 Å². The summed E-state index contributed by atoms with van der Waals surface area (Å²) in [4.78, 5) is 4.92. The molecule has 0 aliphatic carbocycles. The molecule has 5 heterocycles. The van der Waals surface area contributed by atoms with Crippen LogP contribution in [0.1, 0.15) is 79.0 Å². The van der Waals surface area contributed by atoms with Crippen molar-refractivity contribution in [2.75, 3.05) is 0 Å². The Labute approximate surface area is 475 Å². The molecule has 0 atom stereocenters. The maximum atomic E-state index is 6.87. The molecule has 0 saturated carbocycles. The molecule has 6 nitrogen and oxygen atoms in total. The van der Waals surface area contributed by atoms with E-state index in [1.165, 1.54) is 27.8 Å². The second kappa shape index (κ2) is 18.4. The fourth-order valence-electron chi connectivity index (χ4n) is 11.7. The monoisotopic (exact) mass is 1210 g/mol. The van der Waals surface area contributed by atoms with E-state index in [-0.39, 0.29) is 37.3 Å². The minimum absolute atomic E-state index is 0. The van der Waals surface area contributed by atoms with E-state index in [9.17, 15) is 0 Å². The minimum Gasteiger partial charge on any atom is -0.510 e. The molecule has 79 heavy (non-hydrogen) atoms. The van der Waals surface area contributed by atoms with E-state index in [4.69, 9.17) is 14.1 Å². The van der Waals surface area contributed by atoms with Crippen molar-refractivity contribution in [3.05, 3.63) is 223 Å². The van der Waals surface area contributed by atoms with Crippen LogP contribution in [-0.2, 0) is 37.3 Å². The summed E-state index contributed by atoms with van der Waals surface area (Å²) in [5, 5.41) is 4.38. The fraction of sp³-hybridized carbons (Fsp3) is 0.167. The second-order valence-electron chi connectivity index (χ2n) is 24.1. The topological polar surface area (TPSA) is 49.0 Å². The van der Waals surface area contributed by atoms with Crippen molar-refractivity contribution < 1.29 is 34.8 Å². The molecule has 0 amide bonds. The summed E-state index contributed by atoms with van der Waals surface area (Å²) in [5.41, 5.74) is 19.9. The number of rotatable bonds is 5. The van der Waals surface area contributed by atoms with Crippen molar-refractivity contribution >= 4 is 54.8 Å². The predicted octanol–water partition coefficient (Wildman–Crippen LogP) is 18.4. The van der Waals surface area contributed by atoms with Gasteiger partial charge in [-0.25, -0.2) is 4.98 Å². The largest absolute Gasteiger partial charge is 0.510 e. The van der Waals surface area contributed by atoms with Gasteiger partial charge in [0.1, 0.15) is 17.0 Å². The van der Waals surface area contributed by atoms with Gasteiger partial charge in [-0.05, 0) is 131 Å². The first-order valence-electron chi connectivity index (χ1n) is 27.0. The van der Waals surface area contributed by atoms with Crippen LogP contribution in [0.15, 0.2) is 193 Å². The Morgan fingerprint density at radius 3 is 1.81 bits per heavy atom. The maximum absolute atomic E-state index is 6.87. The summed E-state index contributed by atoms with van der Waals surface area (Å²) in [7, 11) is 0. The van der Waals surface area contributed by atoms with Crippen LogP contribution >= 0.6 is 0 Å². The van der Waals surface area contributed by atoms with Gasteiger partial charge < -0.3 is 18.3 Å². The van der Waals surface area contributed by atoms with Crippen LogP contribution in [0.4, 0.5) is 0 Å². The molecule has 1 aliphatic heterocycles. The molecule has 0 radical (unpaired) electrons. The molecule has 0 fully saturated rings. The SMILES string of the molecule is CC(C)(C)c1ccnc(-n2c3[c-]c(Oc4[c-]c(-n5[c-][n+]6c7c(cc(C(C)(C)C)cc75)-c5ccccc5-c5ccccc5-c5cc(C(C)(C)C)cc(-c7ccc8oc9ccccc9c8c7)c5-6)ccc4)ccc3c3ccccc32)c1.[Pt]. The van der Waals surface area contributed by atoms with Crippen molar-refractivity contribution in [3.63, 3.8) is 0 Å². The van der Waals surface area contributed by atoms with Gasteiger partial charge in [0.15, 0.2) is 0 Å². The molecule has 0 bridgehead atoms. The zero-order valence-electron chi connectivity index (χ0n) is 45.8. The molecule has 0 saturated heterocycles. The standard InChI is InChI=1S/C72H58N4O2.Pt/c1-70(2,3)45-33-34-73-67(40-45)76-62-27-16-14-25-55(62)56-31-30-50(42-63(56)76)77-49-20-18-19-48(41-49)74-43-75-68-58(44-29-32-66-59(35-44)57-26-15-17-28-65(57)78-66)36-46(71(4,5)6)37-60(68)53-23-12-10-21-51(53)52-22-11-13-24-54(52)61-38-47(72(7,8)9)39-64(74)69(61)75;/h10-40H,1-9H3;/q-2;. The Morgan fingerprint density at radius 1 is 0.468 bits per heavy atom. The van der Waals surface area contributed by atoms with Crippen molar-refractivity contribution in [2.45, 2.75) is 78.6 Å². The van der Waals surface area contributed by atoms with Crippen LogP contribution in [0.5, 0.6) is 11.5 Å². The number of hydrogen-bond acceptors (Lipinski definition) is 3. The number of nitrogens with zero attached hydrogens (tertiary/aromatic N) is 4. The molecule has 0 unspecified atom stereocenters. The van der Waals surface area contributed by atoms with E-state index in [0.717, 1.165) is 105 Å². The number of pyridine rings is 1. The van der Waals surface area contributed by atoms with Gasteiger partial charge in [-0.3, -0.25) is 4.57 Å². The average Bonchev–Trinajstić information content (AvgIpc) is 4.35. The third-order valence-corrected chi connectivity index (χ3v) is 15.8. The average molecular weight is 1210 g/mol. The summed E-state index contributed by atoms with van der Waals surface area (Å²) in [5.74, 6) is 1.98. The van der Waals surface area contributed by atoms with Crippen molar-refractivity contribution in [2.24, 2.45) is 0 Å². The third kappa shape index (κ3) is 8.34. The van der Waals surface area contributed by atoms with Gasteiger partial charge >= 0.3 is 0 Å². The number of fused-ring (bicyclic) bond motifs is 13. The second-order valence-corrected chi connectivity index (χ2v) is 24.1. The van der Waals surface area contributed by atoms with Gasteiger partial charge in [0.2, 0.25) is 0 Å². The van der Waals surface area contributed by atoms with Gasteiger partial charge in [0.05, 0.1) is 16.7 Å². The first kappa shape index (κ1) is 50.2. The number of benzene rings is 9. The Bertz CT molecular complexity index is 4610. The number of ether oxygens (including phenoxy) is 1. The number of aromatic nitrogens is 4. The van der Waals surface area contributed by atoms with Crippen molar-refractivity contribution in [1.82, 2.24) is 14.1 Å². The van der Waals surface area contributed by atoms with E-state index in [0.29, 0.717) is 11.5 Å². The Morgan fingerprint density at radius 2 is 1.08 bits per heavy atom. The molecule has 14 rings (SSSR count). The first-order valence-corrected chi connectivity index (χ1v) is 27.0. The van der Waals surface area contributed by atoms with Gasteiger partial charge in [0.25, 0.3) is 6.33 Å². The van der Waals surface area contributed by atoms with E-state index < -0.39 is 0 Å². The van der Waals surface area contributed by atoms with Gasteiger partial charge in [-0.15, -0.1) is 29.7 Å².